The smallest absolute Gasteiger partial charge is 0.209 e. The van der Waals surface area contributed by atoms with Gasteiger partial charge in [0, 0.05) is 21.1 Å². The van der Waals surface area contributed by atoms with Gasteiger partial charge >= 0.3 is 0 Å². The highest BCUT2D eigenvalue weighted by Crippen LogP contribution is 2.05. The molecule has 19 heavy (non-hydrogen) atoms. The standard InChI is InChI=1S/C12H14N4S3/c1-13-11-16(9-7-5-4-6-8-9)12(19-18-11)14-10(17)15(2)3/h4-8H,1-3H3/b13-11?,14-12+. The van der Waals surface area contributed by atoms with Crippen LogP contribution in [0.1, 0.15) is 0 Å². The maximum Gasteiger partial charge on any atom is 0.209 e. The summed E-state index contributed by atoms with van der Waals surface area (Å²) in [6, 6.07) is 10.1. The Kier molecular flexibility index (Phi) is 4.62. The van der Waals surface area contributed by atoms with E-state index >= 15 is 0 Å². The maximum absolute atomic E-state index is 5.24. The zero-order valence-corrected chi connectivity index (χ0v) is 13.3. The Morgan fingerprint density at radius 1 is 1.16 bits per heavy atom. The van der Waals surface area contributed by atoms with Crippen molar-refractivity contribution in [3.8, 4) is 5.69 Å². The molecule has 100 valence electrons. The lowest BCUT2D eigenvalue weighted by atomic mass is 10.3. The predicted octanol–water partition coefficient (Wildman–Crippen LogP) is 1.88. The molecule has 0 aliphatic rings. The van der Waals surface area contributed by atoms with E-state index in [2.05, 4.69) is 9.98 Å². The van der Waals surface area contributed by atoms with Crippen LogP contribution in [0.3, 0.4) is 0 Å². The van der Waals surface area contributed by atoms with Gasteiger partial charge in [-0.05, 0) is 45.0 Å². The minimum Gasteiger partial charge on any atom is -0.353 e. The van der Waals surface area contributed by atoms with Gasteiger partial charge in [0.15, 0.2) is 5.11 Å². The summed E-state index contributed by atoms with van der Waals surface area (Å²) in [4.78, 5) is 12.4. The summed E-state index contributed by atoms with van der Waals surface area (Å²) in [7, 11) is 8.73. The van der Waals surface area contributed by atoms with E-state index in [1.807, 2.05) is 53.9 Å². The molecule has 0 unspecified atom stereocenters. The van der Waals surface area contributed by atoms with E-state index in [1.165, 1.54) is 0 Å². The van der Waals surface area contributed by atoms with Crippen LogP contribution in [0.4, 0.5) is 0 Å². The SMILES string of the molecule is CN=c1ss/c(=N/C(=S)N(C)C)n1-c1ccccc1. The highest BCUT2D eigenvalue weighted by molar-refractivity contribution is 7.80. The van der Waals surface area contributed by atoms with Crippen LogP contribution in [0, 0.1) is 0 Å². The monoisotopic (exact) mass is 310 g/mol. The number of para-hydroxylation sites is 1. The van der Waals surface area contributed by atoms with Gasteiger partial charge in [0.2, 0.25) is 9.60 Å². The van der Waals surface area contributed by atoms with Gasteiger partial charge in [-0.3, -0.25) is 9.56 Å². The molecule has 1 aromatic carbocycles. The number of hydrogen-bond acceptors (Lipinski definition) is 4. The Morgan fingerprint density at radius 3 is 2.37 bits per heavy atom. The van der Waals surface area contributed by atoms with Crippen LogP contribution >= 0.6 is 32.9 Å². The number of hydrogen-bond donors (Lipinski definition) is 0. The summed E-state index contributed by atoms with van der Waals surface area (Å²) in [5.41, 5.74) is 1.04. The van der Waals surface area contributed by atoms with Gasteiger partial charge in [0.05, 0.1) is 5.69 Å². The van der Waals surface area contributed by atoms with Crippen molar-refractivity contribution in [3.05, 3.63) is 39.9 Å². The number of aromatic nitrogens is 1. The molecule has 7 heteroatoms. The Balaban J connectivity index is 2.66. The molecule has 0 saturated carbocycles. The van der Waals surface area contributed by atoms with Crippen molar-refractivity contribution < 1.29 is 0 Å². The first-order chi connectivity index (χ1) is 9.13. The Morgan fingerprint density at radius 2 is 1.79 bits per heavy atom. The average Bonchev–Trinajstić information content (AvgIpc) is 2.82. The van der Waals surface area contributed by atoms with Gasteiger partial charge in [0.25, 0.3) is 0 Å². The topological polar surface area (TPSA) is 32.9 Å². The molecule has 0 aliphatic carbocycles. The summed E-state index contributed by atoms with van der Waals surface area (Å²) in [5, 5.41) is 0.557. The third kappa shape index (κ3) is 3.17. The molecule has 0 radical (unpaired) electrons. The molecule has 0 spiro atoms. The van der Waals surface area contributed by atoms with Crippen LogP contribution in [0.2, 0.25) is 0 Å². The number of rotatable bonds is 1. The van der Waals surface area contributed by atoms with Crippen molar-refractivity contribution >= 4 is 38.0 Å². The van der Waals surface area contributed by atoms with Crippen molar-refractivity contribution in [1.29, 1.82) is 0 Å². The molecule has 0 saturated heterocycles. The molecule has 0 bridgehead atoms. The zero-order valence-electron chi connectivity index (χ0n) is 10.9. The first-order valence-electron chi connectivity index (χ1n) is 5.60. The fourth-order valence-electron chi connectivity index (χ4n) is 1.42. The van der Waals surface area contributed by atoms with Crippen LogP contribution in [-0.4, -0.2) is 35.7 Å². The maximum atomic E-state index is 5.24. The third-order valence-corrected chi connectivity index (χ3v) is 4.97. The van der Waals surface area contributed by atoms with E-state index in [9.17, 15) is 0 Å². The predicted molar refractivity (Wildman–Crippen MR) is 84.9 cm³/mol. The molecule has 0 aliphatic heterocycles. The van der Waals surface area contributed by atoms with E-state index in [4.69, 9.17) is 12.2 Å². The Labute approximate surface area is 124 Å². The first kappa shape index (κ1) is 14.1. The minimum absolute atomic E-state index is 0.557. The lowest BCUT2D eigenvalue weighted by molar-refractivity contribution is 0.625. The van der Waals surface area contributed by atoms with Gasteiger partial charge in [-0.15, -0.1) is 0 Å². The van der Waals surface area contributed by atoms with Gasteiger partial charge in [-0.25, -0.2) is 0 Å². The van der Waals surface area contributed by atoms with Gasteiger partial charge < -0.3 is 4.90 Å². The Bertz CT molecular complexity index is 692. The molecule has 1 aromatic heterocycles. The van der Waals surface area contributed by atoms with Gasteiger partial charge in [-0.1, -0.05) is 18.2 Å². The van der Waals surface area contributed by atoms with Crippen molar-refractivity contribution in [3.63, 3.8) is 0 Å². The first-order valence-corrected chi connectivity index (χ1v) is 8.15. The van der Waals surface area contributed by atoms with E-state index < -0.39 is 0 Å². The molecule has 0 amide bonds. The average molecular weight is 310 g/mol. The third-order valence-electron chi connectivity index (χ3n) is 2.35. The van der Waals surface area contributed by atoms with Crippen molar-refractivity contribution in [1.82, 2.24) is 9.47 Å². The lowest BCUT2D eigenvalue weighted by Gasteiger charge is -2.08. The summed E-state index contributed by atoms with van der Waals surface area (Å²) in [6.45, 7) is 0. The van der Waals surface area contributed by atoms with Crippen LogP contribution < -0.4 is 9.60 Å². The van der Waals surface area contributed by atoms with Gasteiger partial charge in [-0.2, -0.15) is 4.99 Å². The molecule has 0 atom stereocenters. The molecule has 0 N–H and O–H groups in total. The lowest BCUT2D eigenvalue weighted by Crippen LogP contribution is -2.27. The molecule has 4 nitrogen and oxygen atoms in total. The molecule has 1 heterocycles. The second-order valence-corrected chi connectivity index (χ2v) is 6.34. The van der Waals surface area contributed by atoms with E-state index in [0.717, 1.165) is 15.3 Å². The molecule has 2 aromatic rings. The van der Waals surface area contributed by atoms with Crippen molar-refractivity contribution in [2.24, 2.45) is 9.98 Å². The molecule has 0 fully saturated rings. The summed E-state index contributed by atoms with van der Waals surface area (Å²) < 4.78 is 2.02. The fraction of sp³-hybridized carbons (Fsp3) is 0.250. The fourth-order valence-corrected chi connectivity index (χ4v) is 3.73. The van der Waals surface area contributed by atoms with Crippen LogP contribution in [0.5, 0.6) is 0 Å². The normalized spacial score (nSPS) is 12.8. The van der Waals surface area contributed by atoms with E-state index in [-0.39, 0.29) is 0 Å². The summed E-state index contributed by atoms with van der Waals surface area (Å²) >= 11 is 5.24. The van der Waals surface area contributed by atoms with Crippen molar-refractivity contribution in [2.45, 2.75) is 0 Å². The highest BCUT2D eigenvalue weighted by Gasteiger charge is 2.05. The Hall–Kier alpha value is -1.31. The molecular formula is C12H14N4S3. The van der Waals surface area contributed by atoms with Crippen LogP contribution in [0.15, 0.2) is 40.3 Å². The number of benzene rings is 1. The molecule has 2 rings (SSSR count). The van der Waals surface area contributed by atoms with Crippen molar-refractivity contribution in [2.75, 3.05) is 21.1 Å². The van der Waals surface area contributed by atoms with Crippen LogP contribution in [-0.2, 0) is 0 Å². The molecular weight excluding hydrogens is 296 g/mol. The highest BCUT2D eigenvalue weighted by atomic mass is 32.9. The number of nitrogens with zero attached hydrogens (tertiary/aromatic N) is 4. The second kappa shape index (κ2) is 6.23. The minimum atomic E-state index is 0.557. The van der Waals surface area contributed by atoms with Gasteiger partial charge in [0.1, 0.15) is 0 Å². The summed E-state index contributed by atoms with van der Waals surface area (Å²) in [6.07, 6.45) is 0. The second-order valence-electron chi connectivity index (χ2n) is 3.92. The quantitative estimate of drug-likeness (QED) is 0.595. The summed E-state index contributed by atoms with van der Waals surface area (Å²) in [5.74, 6) is 0. The van der Waals surface area contributed by atoms with E-state index in [1.54, 1.807) is 27.7 Å². The van der Waals surface area contributed by atoms with E-state index in [0.29, 0.717) is 5.11 Å². The number of thiocarbonyl (C=S) groups is 1. The van der Waals surface area contributed by atoms with Crippen LogP contribution in [0.25, 0.3) is 5.69 Å². The largest absolute Gasteiger partial charge is 0.353 e. The zero-order chi connectivity index (χ0) is 13.8.